The summed E-state index contributed by atoms with van der Waals surface area (Å²) in [7, 11) is 1.66. The van der Waals surface area contributed by atoms with Crippen molar-refractivity contribution in [3.05, 3.63) is 72.4 Å². The number of nitrogens with zero attached hydrogens (tertiary/aromatic N) is 2. The molecule has 2 aromatic carbocycles. The van der Waals surface area contributed by atoms with Gasteiger partial charge in [-0.3, -0.25) is 9.78 Å². The van der Waals surface area contributed by atoms with Crippen LogP contribution >= 0.6 is 0 Å². The van der Waals surface area contributed by atoms with E-state index in [2.05, 4.69) is 20.7 Å². The quantitative estimate of drug-likeness (QED) is 0.198. The van der Waals surface area contributed by atoms with Gasteiger partial charge in [0.15, 0.2) is 0 Å². The Kier molecular flexibility index (Phi) is 8.99. The van der Waals surface area contributed by atoms with E-state index in [0.717, 1.165) is 67.0 Å². The summed E-state index contributed by atoms with van der Waals surface area (Å²) >= 11 is 0. The molecule has 5 rings (SSSR count). The van der Waals surface area contributed by atoms with E-state index in [0.29, 0.717) is 18.3 Å². The Morgan fingerprint density at radius 1 is 0.976 bits per heavy atom. The molecule has 0 radical (unpaired) electrons. The Labute approximate surface area is 242 Å². The summed E-state index contributed by atoms with van der Waals surface area (Å²) in [5.74, 6) is -2.05. The van der Waals surface area contributed by atoms with Crippen LogP contribution < -0.4 is 14.4 Å². The summed E-state index contributed by atoms with van der Waals surface area (Å²) < 4.78 is 53.2. The van der Waals surface area contributed by atoms with Crippen LogP contribution in [0.5, 0.6) is 11.5 Å². The molecule has 2 heterocycles. The third kappa shape index (κ3) is 7.40. The molecule has 2 aliphatic rings. The van der Waals surface area contributed by atoms with Crippen LogP contribution in [0.25, 0.3) is 11.3 Å². The zero-order chi connectivity index (χ0) is 29.7. The molecule has 0 unspecified atom stereocenters. The highest BCUT2D eigenvalue weighted by molar-refractivity contribution is 5.88. The van der Waals surface area contributed by atoms with Gasteiger partial charge in [-0.05, 0) is 85.4 Å². The van der Waals surface area contributed by atoms with E-state index < -0.39 is 18.1 Å². The average Bonchev–Trinajstić information content (AvgIpc) is 3.84. The monoisotopic (exact) mass is 582 g/mol. The van der Waals surface area contributed by atoms with Gasteiger partial charge in [-0.25, -0.2) is 4.79 Å². The minimum atomic E-state index is -5.20. The summed E-state index contributed by atoms with van der Waals surface area (Å²) in [4.78, 5) is 30.1. The second kappa shape index (κ2) is 12.8. The number of anilines is 1. The van der Waals surface area contributed by atoms with E-state index in [1.54, 1.807) is 13.3 Å². The lowest BCUT2D eigenvalue weighted by molar-refractivity contribution is -0.202. The number of esters is 2. The van der Waals surface area contributed by atoms with E-state index in [1.165, 1.54) is 0 Å². The highest BCUT2D eigenvalue weighted by atomic mass is 19.4. The smallest absolute Gasteiger partial charge is 0.491 e. The lowest BCUT2D eigenvalue weighted by atomic mass is 9.91. The molecule has 1 aliphatic carbocycles. The molecule has 10 heteroatoms. The fourth-order valence-electron chi connectivity index (χ4n) is 5.47. The minimum absolute atomic E-state index is 0.158. The van der Waals surface area contributed by atoms with Crippen LogP contribution in [0.3, 0.4) is 0 Å². The Morgan fingerprint density at radius 2 is 1.76 bits per heavy atom. The number of alkyl halides is 3. The van der Waals surface area contributed by atoms with Crippen molar-refractivity contribution in [3.63, 3.8) is 0 Å². The maximum atomic E-state index is 12.5. The highest BCUT2D eigenvalue weighted by Gasteiger charge is 2.43. The zero-order valence-electron chi connectivity index (χ0n) is 23.3. The van der Waals surface area contributed by atoms with Crippen LogP contribution in [0.15, 0.2) is 66.9 Å². The van der Waals surface area contributed by atoms with Crippen molar-refractivity contribution in [2.24, 2.45) is 11.8 Å². The van der Waals surface area contributed by atoms with E-state index in [9.17, 15) is 22.8 Å². The maximum Gasteiger partial charge on any atom is 0.491 e. The lowest BCUT2D eigenvalue weighted by Gasteiger charge is -2.34. The number of hydrogen-bond donors (Lipinski definition) is 0. The number of halogens is 3. The summed E-state index contributed by atoms with van der Waals surface area (Å²) in [5, 5.41) is 0. The number of carbonyl (C=O) groups is 2. The van der Waals surface area contributed by atoms with E-state index in [1.807, 2.05) is 54.6 Å². The molecule has 222 valence electrons. The van der Waals surface area contributed by atoms with Gasteiger partial charge in [0.1, 0.15) is 11.5 Å². The highest BCUT2D eigenvalue weighted by Crippen LogP contribution is 2.45. The fraction of sp³-hybridized carbons (Fsp3) is 0.406. The lowest BCUT2D eigenvalue weighted by Crippen LogP contribution is -2.35. The zero-order valence-corrected chi connectivity index (χ0v) is 23.3. The summed E-state index contributed by atoms with van der Waals surface area (Å²) in [6.07, 6.45) is -0.114. The SMILES string of the molecule is COc1ccc(-c2ccccn2)c(N2CCC(COc3cccc([C@@H](CC(=O)OC(=O)C(F)(F)F)C4CC4)c3)CC2)c1. The number of aromatic nitrogens is 1. The van der Waals surface area contributed by atoms with Gasteiger partial charge in [-0.1, -0.05) is 18.2 Å². The Bertz CT molecular complexity index is 1390. The molecule has 3 aromatic rings. The molecule has 7 nitrogen and oxygen atoms in total. The first kappa shape index (κ1) is 29.4. The number of hydrogen-bond acceptors (Lipinski definition) is 7. The van der Waals surface area contributed by atoms with Crippen molar-refractivity contribution < 1.29 is 37.0 Å². The normalized spacial score (nSPS) is 16.5. The third-order valence-electron chi connectivity index (χ3n) is 7.89. The van der Waals surface area contributed by atoms with Gasteiger partial charge in [0.25, 0.3) is 0 Å². The number of benzene rings is 2. The first-order valence-electron chi connectivity index (χ1n) is 14.1. The molecular weight excluding hydrogens is 549 g/mol. The van der Waals surface area contributed by atoms with Crippen molar-refractivity contribution in [1.29, 1.82) is 0 Å². The number of ether oxygens (including phenoxy) is 3. The van der Waals surface area contributed by atoms with Crippen molar-refractivity contribution in [3.8, 4) is 22.8 Å². The summed E-state index contributed by atoms with van der Waals surface area (Å²) in [6, 6.07) is 19.2. The van der Waals surface area contributed by atoms with Crippen LogP contribution in [0, 0.1) is 11.8 Å². The molecule has 1 saturated heterocycles. The van der Waals surface area contributed by atoms with Crippen molar-refractivity contribution in [1.82, 2.24) is 4.98 Å². The van der Waals surface area contributed by atoms with Crippen LogP contribution in [0.2, 0.25) is 0 Å². The first-order chi connectivity index (χ1) is 20.2. The van der Waals surface area contributed by atoms with E-state index in [4.69, 9.17) is 9.47 Å². The molecule has 0 amide bonds. The molecule has 0 N–H and O–H groups in total. The number of rotatable bonds is 10. The Hall–Kier alpha value is -4.08. The fourth-order valence-corrected chi connectivity index (χ4v) is 5.47. The van der Waals surface area contributed by atoms with Gasteiger partial charge in [0, 0.05) is 36.6 Å². The Balaban J connectivity index is 1.18. The van der Waals surface area contributed by atoms with E-state index >= 15 is 0 Å². The first-order valence-corrected chi connectivity index (χ1v) is 14.1. The largest absolute Gasteiger partial charge is 0.497 e. The molecular formula is C32H33F3N2O5. The Morgan fingerprint density at radius 3 is 2.43 bits per heavy atom. The van der Waals surface area contributed by atoms with Gasteiger partial charge < -0.3 is 19.1 Å². The standard InChI is InChI=1S/C32H33F3N2O5/c1-40-24-10-11-26(28-7-2-3-14-36-28)29(18-24)37-15-12-21(13-16-37)20-41-25-6-4-5-23(17-25)27(22-8-9-22)19-30(38)42-31(39)32(33,34)35/h2-7,10-11,14,17-18,21-22,27H,8-9,12-13,15-16,19-20H2,1H3/t27-/m0/s1. The topological polar surface area (TPSA) is 78.0 Å². The number of carbonyl (C=O) groups excluding carboxylic acids is 2. The molecule has 1 aliphatic heterocycles. The molecule has 1 saturated carbocycles. The van der Waals surface area contributed by atoms with Crippen LogP contribution in [-0.4, -0.2) is 49.9 Å². The van der Waals surface area contributed by atoms with Gasteiger partial charge in [-0.15, -0.1) is 0 Å². The summed E-state index contributed by atoms with van der Waals surface area (Å²) in [5.41, 5.74) is 3.84. The van der Waals surface area contributed by atoms with E-state index in [-0.39, 0.29) is 18.3 Å². The minimum Gasteiger partial charge on any atom is -0.497 e. The number of methoxy groups -OCH3 is 1. The number of pyridine rings is 1. The van der Waals surface area contributed by atoms with Crippen molar-refractivity contribution >= 4 is 17.6 Å². The van der Waals surface area contributed by atoms with Gasteiger partial charge >= 0.3 is 18.1 Å². The molecule has 0 spiro atoms. The molecule has 1 aromatic heterocycles. The van der Waals surface area contributed by atoms with Gasteiger partial charge in [-0.2, -0.15) is 13.2 Å². The predicted molar refractivity (Wildman–Crippen MR) is 150 cm³/mol. The molecule has 2 fully saturated rings. The van der Waals surface area contributed by atoms with Crippen molar-refractivity contribution in [2.75, 3.05) is 31.7 Å². The average molecular weight is 583 g/mol. The predicted octanol–water partition coefficient (Wildman–Crippen LogP) is 6.57. The van der Waals surface area contributed by atoms with Gasteiger partial charge in [0.2, 0.25) is 0 Å². The second-order valence-corrected chi connectivity index (χ2v) is 10.8. The van der Waals surface area contributed by atoms with Crippen LogP contribution in [0.4, 0.5) is 18.9 Å². The molecule has 0 bridgehead atoms. The second-order valence-electron chi connectivity index (χ2n) is 10.8. The molecule has 42 heavy (non-hydrogen) atoms. The van der Waals surface area contributed by atoms with Crippen molar-refractivity contribution in [2.45, 2.75) is 44.2 Å². The van der Waals surface area contributed by atoms with Crippen LogP contribution in [-0.2, 0) is 14.3 Å². The summed E-state index contributed by atoms with van der Waals surface area (Å²) in [6.45, 7) is 2.23. The molecule has 1 atom stereocenters. The van der Waals surface area contributed by atoms with Gasteiger partial charge in [0.05, 0.1) is 25.8 Å². The third-order valence-corrected chi connectivity index (χ3v) is 7.89. The number of piperidine rings is 1. The van der Waals surface area contributed by atoms with Crippen LogP contribution in [0.1, 0.15) is 43.6 Å². The maximum absolute atomic E-state index is 12.5.